The van der Waals surface area contributed by atoms with E-state index in [1.807, 2.05) is 21.0 Å². The number of ether oxygens (including phenoxy) is 1. The number of hydrogen-bond donors (Lipinski definition) is 0. The first kappa shape index (κ1) is 15.0. The average molecular weight is 214 g/mol. The molecule has 0 bridgehead atoms. The Kier molecular flexibility index (Phi) is 8.13. The highest BCUT2D eigenvalue weighted by Gasteiger charge is 2.35. The van der Waals surface area contributed by atoms with Gasteiger partial charge in [0, 0.05) is 7.11 Å². The molecule has 15 heavy (non-hydrogen) atoms. The predicted octanol–water partition coefficient (Wildman–Crippen LogP) is 4.80. The summed E-state index contributed by atoms with van der Waals surface area (Å²) in [6.45, 7) is 8.53. The third-order valence-corrected chi connectivity index (χ3v) is 3.95. The lowest BCUT2D eigenvalue weighted by molar-refractivity contribution is -0.0752. The highest BCUT2D eigenvalue weighted by atomic mass is 16.5. The molecule has 0 saturated heterocycles. The first-order chi connectivity index (χ1) is 7.29. The molecule has 0 aromatic rings. The second-order valence-corrected chi connectivity index (χ2v) is 4.31. The maximum atomic E-state index is 5.78. The van der Waals surface area contributed by atoms with Gasteiger partial charge in [-0.25, -0.2) is 0 Å². The third kappa shape index (κ3) is 3.79. The molecule has 1 aliphatic carbocycles. The van der Waals surface area contributed by atoms with E-state index in [1.165, 1.54) is 44.9 Å². The maximum absolute atomic E-state index is 5.78. The Labute approximate surface area is 96.6 Å². The predicted molar refractivity (Wildman–Crippen MR) is 68.2 cm³/mol. The van der Waals surface area contributed by atoms with Crippen LogP contribution in [0.4, 0.5) is 0 Å². The van der Waals surface area contributed by atoms with Crippen molar-refractivity contribution in [3.8, 4) is 0 Å². The minimum Gasteiger partial charge on any atom is -0.378 e. The van der Waals surface area contributed by atoms with Crippen LogP contribution in [0.2, 0.25) is 0 Å². The van der Waals surface area contributed by atoms with Crippen LogP contribution in [-0.4, -0.2) is 12.7 Å². The largest absolute Gasteiger partial charge is 0.378 e. The van der Waals surface area contributed by atoms with Gasteiger partial charge in [0.2, 0.25) is 0 Å². The maximum Gasteiger partial charge on any atom is 0.0701 e. The van der Waals surface area contributed by atoms with Gasteiger partial charge < -0.3 is 4.74 Å². The van der Waals surface area contributed by atoms with Gasteiger partial charge in [-0.05, 0) is 31.6 Å². The zero-order valence-electron chi connectivity index (χ0n) is 11.4. The lowest BCUT2D eigenvalue weighted by atomic mass is 9.74. The Morgan fingerprint density at radius 1 is 1.00 bits per heavy atom. The molecule has 1 heteroatoms. The molecule has 0 aromatic heterocycles. The van der Waals surface area contributed by atoms with Gasteiger partial charge in [-0.3, -0.25) is 0 Å². The van der Waals surface area contributed by atoms with Crippen molar-refractivity contribution < 1.29 is 4.74 Å². The van der Waals surface area contributed by atoms with E-state index in [9.17, 15) is 0 Å². The van der Waals surface area contributed by atoms with Crippen molar-refractivity contribution in [2.24, 2.45) is 5.92 Å². The van der Waals surface area contributed by atoms with Crippen molar-refractivity contribution in [1.29, 1.82) is 0 Å². The average Bonchev–Trinajstić information content (AvgIpc) is 2.36. The third-order valence-electron chi connectivity index (χ3n) is 3.95. The summed E-state index contributed by atoms with van der Waals surface area (Å²) in [6.07, 6.45) is 9.37. The van der Waals surface area contributed by atoms with Crippen molar-refractivity contribution >= 4 is 0 Å². The van der Waals surface area contributed by atoms with Gasteiger partial charge >= 0.3 is 0 Å². The van der Waals surface area contributed by atoms with E-state index < -0.39 is 0 Å². The Balaban J connectivity index is 0.000000921. The molecular formula is C14H30O. The molecule has 1 rings (SSSR count). The molecule has 92 valence electrons. The van der Waals surface area contributed by atoms with Crippen LogP contribution in [-0.2, 0) is 4.74 Å². The highest BCUT2D eigenvalue weighted by Crippen LogP contribution is 2.38. The molecule has 1 saturated carbocycles. The molecule has 1 nitrogen and oxygen atoms in total. The van der Waals surface area contributed by atoms with Gasteiger partial charge in [0.15, 0.2) is 0 Å². The van der Waals surface area contributed by atoms with E-state index in [2.05, 4.69) is 13.8 Å². The summed E-state index contributed by atoms with van der Waals surface area (Å²) in [7, 11) is 1.89. The quantitative estimate of drug-likeness (QED) is 0.653. The van der Waals surface area contributed by atoms with E-state index in [0.29, 0.717) is 0 Å². The van der Waals surface area contributed by atoms with Crippen LogP contribution in [0, 0.1) is 5.92 Å². The second-order valence-electron chi connectivity index (χ2n) is 4.31. The molecule has 0 unspecified atom stereocenters. The highest BCUT2D eigenvalue weighted by molar-refractivity contribution is 4.87. The van der Waals surface area contributed by atoms with Crippen molar-refractivity contribution in [1.82, 2.24) is 0 Å². The van der Waals surface area contributed by atoms with Gasteiger partial charge in [-0.15, -0.1) is 0 Å². The fraction of sp³-hybridized carbons (Fsp3) is 1.00. The summed E-state index contributed by atoms with van der Waals surface area (Å²) in [6, 6.07) is 0. The summed E-state index contributed by atoms with van der Waals surface area (Å²) in [5, 5.41) is 0. The van der Waals surface area contributed by atoms with Gasteiger partial charge in [0.25, 0.3) is 0 Å². The normalized spacial score (nSPS) is 18.2. The van der Waals surface area contributed by atoms with Crippen LogP contribution >= 0.6 is 0 Å². The molecule has 0 atom stereocenters. The molecule has 0 amide bonds. The molecule has 0 aliphatic heterocycles. The standard InChI is InChI=1S/C12H24O.C2H6/c1-4-12(5-2,13-3)11-9-7-6-8-10-11;1-2/h11H,4-10H2,1-3H3;1-2H3. The van der Waals surface area contributed by atoms with E-state index in [1.54, 1.807) is 0 Å². The number of rotatable bonds is 4. The van der Waals surface area contributed by atoms with E-state index in [0.717, 1.165) is 5.92 Å². The molecule has 1 fully saturated rings. The lowest BCUT2D eigenvalue weighted by Crippen LogP contribution is -2.39. The summed E-state index contributed by atoms with van der Waals surface area (Å²) in [5.74, 6) is 0.821. The molecule has 0 spiro atoms. The fourth-order valence-electron chi connectivity index (χ4n) is 2.91. The van der Waals surface area contributed by atoms with Crippen LogP contribution in [0.15, 0.2) is 0 Å². The summed E-state index contributed by atoms with van der Waals surface area (Å²) < 4.78 is 5.78. The molecule has 0 aromatic carbocycles. The van der Waals surface area contributed by atoms with Crippen molar-refractivity contribution in [2.45, 2.75) is 78.2 Å². The van der Waals surface area contributed by atoms with E-state index >= 15 is 0 Å². The zero-order chi connectivity index (χ0) is 11.7. The van der Waals surface area contributed by atoms with Crippen molar-refractivity contribution in [2.75, 3.05) is 7.11 Å². The smallest absolute Gasteiger partial charge is 0.0701 e. The number of methoxy groups -OCH3 is 1. The Morgan fingerprint density at radius 2 is 1.47 bits per heavy atom. The Morgan fingerprint density at radius 3 is 1.80 bits per heavy atom. The van der Waals surface area contributed by atoms with Gasteiger partial charge in [0.05, 0.1) is 5.60 Å². The summed E-state index contributed by atoms with van der Waals surface area (Å²) >= 11 is 0. The Hall–Kier alpha value is -0.0400. The van der Waals surface area contributed by atoms with Gasteiger partial charge in [-0.1, -0.05) is 47.0 Å². The molecule has 1 aliphatic rings. The monoisotopic (exact) mass is 214 g/mol. The second kappa shape index (κ2) is 8.15. The minimum atomic E-state index is 0.195. The van der Waals surface area contributed by atoms with Gasteiger partial charge in [-0.2, -0.15) is 0 Å². The molecule has 0 heterocycles. The fourth-order valence-corrected chi connectivity index (χ4v) is 2.91. The van der Waals surface area contributed by atoms with Crippen LogP contribution in [0.1, 0.15) is 72.6 Å². The first-order valence-electron chi connectivity index (χ1n) is 6.84. The summed E-state index contributed by atoms with van der Waals surface area (Å²) in [5.41, 5.74) is 0.195. The van der Waals surface area contributed by atoms with Crippen LogP contribution in [0.3, 0.4) is 0 Å². The van der Waals surface area contributed by atoms with Crippen molar-refractivity contribution in [3.63, 3.8) is 0 Å². The zero-order valence-corrected chi connectivity index (χ0v) is 11.4. The van der Waals surface area contributed by atoms with E-state index in [4.69, 9.17) is 4.74 Å². The Bertz CT molecular complexity index is 124. The first-order valence-corrected chi connectivity index (χ1v) is 6.84. The van der Waals surface area contributed by atoms with Crippen LogP contribution < -0.4 is 0 Å². The SMILES string of the molecule is CC.CCC(CC)(OC)C1CCCCC1. The van der Waals surface area contributed by atoms with Crippen molar-refractivity contribution in [3.05, 3.63) is 0 Å². The molecule has 0 radical (unpaired) electrons. The molecular weight excluding hydrogens is 184 g/mol. The van der Waals surface area contributed by atoms with Crippen LogP contribution in [0.25, 0.3) is 0 Å². The topological polar surface area (TPSA) is 9.23 Å². The molecule has 0 N–H and O–H groups in total. The minimum absolute atomic E-state index is 0.195. The van der Waals surface area contributed by atoms with E-state index in [-0.39, 0.29) is 5.60 Å². The van der Waals surface area contributed by atoms with Crippen LogP contribution in [0.5, 0.6) is 0 Å². The lowest BCUT2D eigenvalue weighted by Gasteiger charge is -2.40. The summed E-state index contributed by atoms with van der Waals surface area (Å²) in [4.78, 5) is 0. The number of hydrogen-bond acceptors (Lipinski definition) is 1. The van der Waals surface area contributed by atoms with Gasteiger partial charge in [0.1, 0.15) is 0 Å².